The molecule has 4 rings (SSSR count). The number of benzene rings is 2. The van der Waals surface area contributed by atoms with Crippen LogP contribution in [-0.4, -0.2) is 9.55 Å². The molecular weight excluding hydrogens is 264 g/mol. The van der Waals surface area contributed by atoms with Gasteiger partial charge in [0, 0.05) is 6.04 Å². The van der Waals surface area contributed by atoms with Crippen LogP contribution in [0.4, 0.5) is 0 Å². The average molecular weight is 280 g/mol. The third-order valence-corrected chi connectivity index (χ3v) is 4.57. The Hall–Kier alpha value is -1.87. The highest BCUT2D eigenvalue weighted by molar-refractivity contribution is 7.71. The van der Waals surface area contributed by atoms with Crippen molar-refractivity contribution in [2.24, 2.45) is 0 Å². The highest BCUT2D eigenvalue weighted by atomic mass is 32.1. The summed E-state index contributed by atoms with van der Waals surface area (Å²) in [6, 6.07) is 15.7. The molecule has 0 unspecified atom stereocenters. The first kappa shape index (κ1) is 11.9. The molecule has 0 radical (unpaired) electrons. The van der Waals surface area contributed by atoms with Gasteiger partial charge in [0.05, 0.1) is 11.0 Å². The van der Waals surface area contributed by atoms with Crippen LogP contribution in [0.2, 0.25) is 0 Å². The van der Waals surface area contributed by atoms with E-state index < -0.39 is 0 Å². The van der Waals surface area contributed by atoms with Gasteiger partial charge < -0.3 is 9.55 Å². The number of aryl methyl sites for hydroxylation is 1. The van der Waals surface area contributed by atoms with Gasteiger partial charge in [-0.2, -0.15) is 0 Å². The van der Waals surface area contributed by atoms with Crippen molar-refractivity contribution in [1.82, 2.24) is 9.55 Å². The molecule has 0 spiro atoms. The lowest BCUT2D eigenvalue weighted by atomic mass is 10.1. The molecule has 0 aliphatic heterocycles. The fraction of sp³-hybridized carbons (Fsp3) is 0.235. The lowest BCUT2D eigenvalue weighted by molar-refractivity contribution is 0.537. The van der Waals surface area contributed by atoms with E-state index in [1.165, 1.54) is 22.2 Å². The van der Waals surface area contributed by atoms with Gasteiger partial charge in [-0.15, -0.1) is 0 Å². The quantitative estimate of drug-likeness (QED) is 0.657. The van der Waals surface area contributed by atoms with Gasteiger partial charge in [-0.05, 0) is 60.8 Å². The summed E-state index contributed by atoms with van der Waals surface area (Å²) >= 11 is 5.55. The summed E-state index contributed by atoms with van der Waals surface area (Å²) in [5, 5.41) is 0. The van der Waals surface area contributed by atoms with Gasteiger partial charge in [-0.25, -0.2) is 0 Å². The van der Waals surface area contributed by atoms with E-state index in [4.69, 9.17) is 12.2 Å². The normalized spacial score (nSPS) is 14.8. The fourth-order valence-electron chi connectivity index (χ4n) is 3.33. The van der Waals surface area contributed by atoms with E-state index in [0.717, 1.165) is 23.1 Å². The molecule has 20 heavy (non-hydrogen) atoms. The Morgan fingerprint density at radius 1 is 1.10 bits per heavy atom. The number of hydrogen-bond donors (Lipinski definition) is 1. The fourth-order valence-corrected chi connectivity index (χ4v) is 3.68. The number of aromatic amines is 1. The molecule has 100 valence electrons. The van der Waals surface area contributed by atoms with Gasteiger partial charge in [0.15, 0.2) is 4.77 Å². The molecule has 0 amide bonds. The SMILES string of the molecule is Cc1ccc2c(c1)[nH]c(=S)n2C1Cc2ccccc2C1. The van der Waals surface area contributed by atoms with Gasteiger partial charge in [-0.3, -0.25) is 0 Å². The first-order chi connectivity index (χ1) is 9.72. The van der Waals surface area contributed by atoms with E-state index in [1.807, 2.05) is 0 Å². The van der Waals surface area contributed by atoms with E-state index in [0.29, 0.717) is 6.04 Å². The standard InChI is InChI=1S/C17H16N2S/c1-11-6-7-16-15(8-11)18-17(20)19(16)14-9-12-4-2-3-5-13(12)10-14/h2-8,14H,9-10H2,1H3,(H,18,20). The highest BCUT2D eigenvalue weighted by Gasteiger charge is 2.24. The highest BCUT2D eigenvalue weighted by Crippen LogP contribution is 2.32. The second-order valence-electron chi connectivity index (χ2n) is 5.65. The van der Waals surface area contributed by atoms with E-state index in [1.54, 1.807) is 0 Å². The zero-order valence-electron chi connectivity index (χ0n) is 11.4. The molecule has 3 heteroatoms. The number of imidazole rings is 1. The molecule has 2 aromatic carbocycles. The molecule has 1 aromatic heterocycles. The second-order valence-corrected chi connectivity index (χ2v) is 6.04. The third kappa shape index (κ3) is 1.74. The maximum atomic E-state index is 5.55. The number of nitrogens with zero attached hydrogens (tertiary/aromatic N) is 1. The first-order valence-corrected chi connectivity index (χ1v) is 7.41. The topological polar surface area (TPSA) is 20.7 Å². The van der Waals surface area contributed by atoms with Crippen molar-refractivity contribution in [3.05, 3.63) is 63.9 Å². The summed E-state index contributed by atoms with van der Waals surface area (Å²) in [5.74, 6) is 0. The summed E-state index contributed by atoms with van der Waals surface area (Å²) in [6.07, 6.45) is 2.15. The number of rotatable bonds is 1. The Bertz CT molecular complexity index is 832. The Morgan fingerprint density at radius 3 is 2.50 bits per heavy atom. The first-order valence-electron chi connectivity index (χ1n) is 7.00. The van der Waals surface area contributed by atoms with Crippen molar-refractivity contribution < 1.29 is 0 Å². The second kappa shape index (κ2) is 4.32. The minimum atomic E-state index is 0.441. The molecule has 0 bridgehead atoms. The third-order valence-electron chi connectivity index (χ3n) is 4.27. The van der Waals surface area contributed by atoms with Crippen LogP contribution in [0, 0.1) is 11.7 Å². The average Bonchev–Trinajstić information content (AvgIpc) is 2.97. The molecule has 2 nitrogen and oxygen atoms in total. The minimum Gasteiger partial charge on any atom is -0.331 e. The van der Waals surface area contributed by atoms with Gasteiger partial charge in [0.2, 0.25) is 0 Å². The maximum Gasteiger partial charge on any atom is 0.178 e. The van der Waals surface area contributed by atoms with E-state index in [2.05, 4.69) is 58.9 Å². The van der Waals surface area contributed by atoms with Crippen molar-refractivity contribution in [3.63, 3.8) is 0 Å². The number of nitrogens with one attached hydrogen (secondary N) is 1. The van der Waals surface area contributed by atoms with Crippen molar-refractivity contribution in [1.29, 1.82) is 0 Å². The molecule has 0 atom stereocenters. The summed E-state index contributed by atoms with van der Waals surface area (Å²) in [6.45, 7) is 2.11. The maximum absolute atomic E-state index is 5.55. The van der Waals surface area contributed by atoms with Crippen LogP contribution in [0.1, 0.15) is 22.7 Å². The van der Waals surface area contributed by atoms with Crippen molar-refractivity contribution in [2.45, 2.75) is 25.8 Å². The Kier molecular flexibility index (Phi) is 2.57. The Morgan fingerprint density at radius 2 is 1.80 bits per heavy atom. The molecule has 3 aromatic rings. The molecule has 0 fully saturated rings. The lowest BCUT2D eigenvalue weighted by Gasteiger charge is -2.12. The van der Waals surface area contributed by atoms with Crippen LogP contribution < -0.4 is 0 Å². The minimum absolute atomic E-state index is 0.441. The van der Waals surface area contributed by atoms with Gasteiger partial charge in [-0.1, -0.05) is 30.3 Å². The van der Waals surface area contributed by atoms with Gasteiger partial charge in [0.1, 0.15) is 0 Å². The van der Waals surface area contributed by atoms with Crippen LogP contribution in [0.3, 0.4) is 0 Å². The monoisotopic (exact) mass is 280 g/mol. The Balaban J connectivity index is 1.85. The van der Waals surface area contributed by atoms with E-state index in [9.17, 15) is 0 Å². The molecule has 0 saturated heterocycles. The summed E-state index contributed by atoms with van der Waals surface area (Å²) in [7, 11) is 0. The van der Waals surface area contributed by atoms with Crippen LogP contribution in [0.25, 0.3) is 11.0 Å². The van der Waals surface area contributed by atoms with Crippen molar-refractivity contribution >= 4 is 23.3 Å². The zero-order chi connectivity index (χ0) is 13.7. The molecule has 1 aliphatic rings. The summed E-state index contributed by atoms with van der Waals surface area (Å²) in [5.41, 5.74) is 6.54. The molecule has 1 aliphatic carbocycles. The molecule has 0 saturated carbocycles. The van der Waals surface area contributed by atoms with Crippen molar-refractivity contribution in [3.8, 4) is 0 Å². The summed E-state index contributed by atoms with van der Waals surface area (Å²) in [4.78, 5) is 3.35. The molecule has 1 N–H and O–H groups in total. The Labute approximate surface area is 123 Å². The van der Waals surface area contributed by atoms with Crippen LogP contribution >= 0.6 is 12.2 Å². The number of H-pyrrole nitrogens is 1. The van der Waals surface area contributed by atoms with Gasteiger partial charge >= 0.3 is 0 Å². The smallest absolute Gasteiger partial charge is 0.178 e. The van der Waals surface area contributed by atoms with Crippen LogP contribution in [0.15, 0.2) is 42.5 Å². The molecular formula is C17H16N2S. The number of aromatic nitrogens is 2. The zero-order valence-corrected chi connectivity index (χ0v) is 12.2. The van der Waals surface area contributed by atoms with Crippen LogP contribution in [0.5, 0.6) is 0 Å². The number of hydrogen-bond acceptors (Lipinski definition) is 1. The predicted octanol–water partition coefficient (Wildman–Crippen LogP) is 4.35. The van der Waals surface area contributed by atoms with Crippen molar-refractivity contribution in [2.75, 3.05) is 0 Å². The summed E-state index contributed by atoms with van der Waals surface area (Å²) < 4.78 is 3.13. The largest absolute Gasteiger partial charge is 0.331 e. The van der Waals surface area contributed by atoms with Gasteiger partial charge in [0.25, 0.3) is 0 Å². The van der Waals surface area contributed by atoms with E-state index in [-0.39, 0.29) is 0 Å². The van der Waals surface area contributed by atoms with Crippen LogP contribution in [-0.2, 0) is 12.8 Å². The van der Waals surface area contributed by atoms with E-state index >= 15 is 0 Å². The lowest BCUT2D eigenvalue weighted by Crippen LogP contribution is -2.08. The number of fused-ring (bicyclic) bond motifs is 2. The molecule has 1 heterocycles. The predicted molar refractivity (Wildman–Crippen MR) is 84.7 cm³/mol.